The van der Waals surface area contributed by atoms with Gasteiger partial charge in [0.1, 0.15) is 0 Å². The van der Waals surface area contributed by atoms with Crippen LogP contribution in [0.3, 0.4) is 0 Å². The van der Waals surface area contributed by atoms with Gasteiger partial charge in [0.15, 0.2) is 23.9 Å². The first-order chi connectivity index (χ1) is 14.9. The second-order valence-electron chi connectivity index (χ2n) is 6.70. The first-order valence-electron chi connectivity index (χ1n) is 9.14. The van der Waals surface area contributed by atoms with E-state index in [4.69, 9.17) is 21.1 Å². The van der Waals surface area contributed by atoms with E-state index in [1.165, 1.54) is 45.3 Å². The topological polar surface area (TPSA) is 84.9 Å². The highest BCUT2D eigenvalue weighted by molar-refractivity contribution is 6.31. The molecule has 172 valence electrons. The third-order valence-electron chi connectivity index (χ3n) is 4.28. The summed E-state index contributed by atoms with van der Waals surface area (Å²) >= 11 is 5.55. The Kier molecular flexibility index (Phi) is 8.09. The second-order valence-corrected chi connectivity index (χ2v) is 7.11. The van der Waals surface area contributed by atoms with Gasteiger partial charge in [0.25, 0.3) is 5.91 Å². The number of methoxy groups -OCH3 is 1. The molecule has 0 fully saturated rings. The van der Waals surface area contributed by atoms with Gasteiger partial charge in [-0.1, -0.05) is 11.6 Å². The molecule has 32 heavy (non-hydrogen) atoms. The Balaban J connectivity index is 1.95. The molecule has 11 heteroatoms. The standard InChI is InChI=1S/C21H20ClF3N2O5/c1-12(28)13-4-7-17(18(8-13)31-3)32-11-20(30)27(2)10-19(29)26-14-5-6-16(22)15(9-14)21(23,24)25/h4-9H,10-11H2,1-3H3,(H,26,29). The zero-order chi connectivity index (χ0) is 24.1. The van der Waals surface area contributed by atoms with Crippen molar-refractivity contribution in [2.75, 3.05) is 32.6 Å². The molecule has 0 saturated carbocycles. The van der Waals surface area contributed by atoms with E-state index < -0.39 is 41.7 Å². The van der Waals surface area contributed by atoms with Crippen molar-refractivity contribution < 1.29 is 37.0 Å². The Labute approximate surface area is 187 Å². The predicted octanol–water partition coefficient (Wildman–Crippen LogP) is 4.05. The summed E-state index contributed by atoms with van der Waals surface area (Å²) in [4.78, 5) is 36.9. The first kappa shape index (κ1) is 25.0. The summed E-state index contributed by atoms with van der Waals surface area (Å²) < 4.78 is 49.4. The highest BCUT2D eigenvalue weighted by Gasteiger charge is 2.33. The van der Waals surface area contributed by atoms with Crippen LogP contribution in [0.4, 0.5) is 18.9 Å². The summed E-state index contributed by atoms with van der Waals surface area (Å²) in [5, 5.41) is 1.80. The van der Waals surface area contributed by atoms with E-state index in [0.29, 0.717) is 11.6 Å². The van der Waals surface area contributed by atoms with Crippen molar-refractivity contribution >= 4 is 34.9 Å². The number of anilines is 1. The lowest BCUT2D eigenvalue weighted by Gasteiger charge is -2.18. The number of rotatable bonds is 8. The van der Waals surface area contributed by atoms with Gasteiger partial charge in [0.05, 0.1) is 24.2 Å². The molecule has 0 aromatic heterocycles. The van der Waals surface area contributed by atoms with E-state index in [0.717, 1.165) is 11.0 Å². The van der Waals surface area contributed by atoms with E-state index >= 15 is 0 Å². The molecular formula is C21H20ClF3N2O5. The fourth-order valence-corrected chi connectivity index (χ4v) is 2.80. The van der Waals surface area contributed by atoms with E-state index in [9.17, 15) is 27.6 Å². The number of hydrogen-bond donors (Lipinski definition) is 1. The van der Waals surface area contributed by atoms with Crippen LogP contribution in [0.1, 0.15) is 22.8 Å². The van der Waals surface area contributed by atoms with Crippen molar-refractivity contribution in [3.63, 3.8) is 0 Å². The second kappa shape index (κ2) is 10.4. The SMILES string of the molecule is COc1cc(C(C)=O)ccc1OCC(=O)N(C)CC(=O)Nc1ccc(Cl)c(C(F)(F)F)c1. The highest BCUT2D eigenvalue weighted by Crippen LogP contribution is 2.36. The molecule has 0 spiro atoms. The maximum atomic E-state index is 12.9. The Morgan fingerprint density at radius 1 is 1.09 bits per heavy atom. The van der Waals surface area contributed by atoms with Crippen molar-refractivity contribution in [1.82, 2.24) is 4.90 Å². The summed E-state index contributed by atoms with van der Waals surface area (Å²) in [6, 6.07) is 7.42. The molecule has 2 rings (SSSR count). The number of nitrogens with one attached hydrogen (secondary N) is 1. The van der Waals surface area contributed by atoms with Crippen LogP contribution in [0.25, 0.3) is 0 Å². The highest BCUT2D eigenvalue weighted by atomic mass is 35.5. The molecule has 1 N–H and O–H groups in total. The Bertz CT molecular complexity index is 1030. The van der Waals surface area contributed by atoms with Gasteiger partial charge in [0.2, 0.25) is 5.91 Å². The Hall–Kier alpha value is -3.27. The van der Waals surface area contributed by atoms with Crippen LogP contribution in [0, 0.1) is 0 Å². The molecule has 0 aliphatic heterocycles. The number of hydrogen-bond acceptors (Lipinski definition) is 5. The molecule has 2 aromatic carbocycles. The van der Waals surface area contributed by atoms with Gasteiger partial charge in [-0.25, -0.2) is 0 Å². The average Bonchev–Trinajstić information content (AvgIpc) is 2.72. The number of Topliss-reactive ketones (excluding diaryl/α,β-unsaturated/α-hetero) is 1. The van der Waals surface area contributed by atoms with Gasteiger partial charge in [-0.2, -0.15) is 13.2 Å². The number of likely N-dealkylation sites (N-methyl/N-ethyl adjacent to an activating group) is 1. The third-order valence-corrected chi connectivity index (χ3v) is 4.61. The molecule has 2 amide bonds. The van der Waals surface area contributed by atoms with Gasteiger partial charge < -0.3 is 19.7 Å². The van der Waals surface area contributed by atoms with Crippen LogP contribution in [-0.2, 0) is 15.8 Å². The fourth-order valence-electron chi connectivity index (χ4n) is 2.58. The lowest BCUT2D eigenvalue weighted by Crippen LogP contribution is -2.37. The van der Waals surface area contributed by atoms with Crippen LogP contribution >= 0.6 is 11.6 Å². The van der Waals surface area contributed by atoms with Crippen molar-refractivity contribution in [3.8, 4) is 11.5 Å². The van der Waals surface area contributed by atoms with E-state index in [2.05, 4.69) is 5.32 Å². The van der Waals surface area contributed by atoms with E-state index in [1.807, 2.05) is 0 Å². The zero-order valence-electron chi connectivity index (χ0n) is 17.4. The first-order valence-corrected chi connectivity index (χ1v) is 9.52. The average molecular weight is 473 g/mol. The maximum absolute atomic E-state index is 12.9. The quantitative estimate of drug-likeness (QED) is 0.586. The molecule has 7 nitrogen and oxygen atoms in total. The zero-order valence-corrected chi connectivity index (χ0v) is 18.1. The van der Waals surface area contributed by atoms with Crippen molar-refractivity contribution in [1.29, 1.82) is 0 Å². The third kappa shape index (κ3) is 6.61. The normalized spacial score (nSPS) is 11.0. The molecule has 0 heterocycles. The molecule has 0 saturated heterocycles. The van der Waals surface area contributed by atoms with Crippen molar-refractivity contribution in [3.05, 3.63) is 52.5 Å². The van der Waals surface area contributed by atoms with Crippen LogP contribution < -0.4 is 14.8 Å². The molecule has 0 radical (unpaired) electrons. The van der Waals surface area contributed by atoms with Gasteiger partial charge in [0, 0.05) is 18.3 Å². The molecule has 0 bridgehead atoms. The van der Waals surface area contributed by atoms with Crippen LogP contribution in [0.5, 0.6) is 11.5 Å². The molecule has 0 aliphatic carbocycles. The minimum absolute atomic E-state index is 0.112. The summed E-state index contributed by atoms with van der Waals surface area (Å²) in [5.41, 5.74) is -0.788. The van der Waals surface area contributed by atoms with Gasteiger partial charge in [-0.05, 0) is 43.3 Å². The number of carbonyl (C=O) groups is 3. The summed E-state index contributed by atoms with van der Waals surface area (Å²) in [6.45, 7) is 0.540. The van der Waals surface area contributed by atoms with E-state index in [-0.39, 0.29) is 23.0 Å². The Morgan fingerprint density at radius 2 is 1.78 bits per heavy atom. The number of halogens is 4. The molecule has 0 unspecified atom stereocenters. The van der Waals surface area contributed by atoms with Gasteiger partial charge in [-0.3, -0.25) is 14.4 Å². The number of carbonyl (C=O) groups excluding carboxylic acids is 3. The fraction of sp³-hybridized carbons (Fsp3) is 0.286. The molecule has 2 aromatic rings. The predicted molar refractivity (Wildman–Crippen MR) is 111 cm³/mol. The lowest BCUT2D eigenvalue weighted by molar-refractivity contribution is -0.137. The number of benzene rings is 2. The largest absolute Gasteiger partial charge is 0.493 e. The smallest absolute Gasteiger partial charge is 0.417 e. The van der Waals surface area contributed by atoms with Crippen LogP contribution in [0.15, 0.2) is 36.4 Å². The van der Waals surface area contributed by atoms with Gasteiger partial charge in [-0.15, -0.1) is 0 Å². The molecular weight excluding hydrogens is 453 g/mol. The monoisotopic (exact) mass is 472 g/mol. The number of nitrogens with zero attached hydrogens (tertiary/aromatic N) is 1. The minimum atomic E-state index is -4.68. The van der Waals surface area contributed by atoms with Gasteiger partial charge >= 0.3 is 6.18 Å². The number of amides is 2. The summed E-state index contributed by atoms with van der Waals surface area (Å²) in [5.74, 6) is -0.956. The molecule has 0 aliphatic rings. The van der Waals surface area contributed by atoms with Crippen molar-refractivity contribution in [2.24, 2.45) is 0 Å². The number of alkyl halides is 3. The van der Waals surface area contributed by atoms with Crippen LogP contribution in [-0.4, -0.2) is 49.8 Å². The summed E-state index contributed by atoms with van der Waals surface area (Å²) in [7, 11) is 2.72. The van der Waals surface area contributed by atoms with E-state index in [1.54, 1.807) is 0 Å². The maximum Gasteiger partial charge on any atom is 0.417 e. The number of ketones is 1. The Morgan fingerprint density at radius 3 is 2.38 bits per heavy atom. The minimum Gasteiger partial charge on any atom is -0.493 e. The molecule has 0 atom stereocenters. The lowest BCUT2D eigenvalue weighted by atomic mass is 10.1. The number of ether oxygens (including phenoxy) is 2. The summed E-state index contributed by atoms with van der Waals surface area (Å²) in [6.07, 6.45) is -4.68. The van der Waals surface area contributed by atoms with Crippen LogP contribution in [0.2, 0.25) is 5.02 Å². The van der Waals surface area contributed by atoms with Crippen molar-refractivity contribution in [2.45, 2.75) is 13.1 Å².